The SMILES string of the molecule is CCCc1cc[c]c(C(C)C)c1. The molecule has 0 amide bonds. The van der Waals surface area contributed by atoms with Crippen LogP contribution in [-0.2, 0) is 6.42 Å². The molecule has 0 aromatic heterocycles. The Hall–Kier alpha value is -0.780. The van der Waals surface area contributed by atoms with Gasteiger partial charge in [-0.05, 0) is 29.5 Å². The van der Waals surface area contributed by atoms with E-state index in [9.17, 15) is 0 Å². The normalized spacial score (nSPS) is 10.7. The summed E-state index contributed by atoms with van der Waals surface area (Å²) in [4.78, 5) is 0. The van der Waals surface area contributed by atoms with Gasteiger partial charge < -0.3 is 0 Å². The number of benzene rings is 1. The third kappa shape index (κ3) is 2.37. The molecule has 1 radical (unpaired) electrons. The van der Waals surface area contributed by atoms with E-state index in [2.05, 4.69) is 39.0 Å². The van der Waals surface area contributed by atoms with E-state index in [0.717, 1.165) is 0 Å². The maximum atomic E-state index is 3.27. The Balaban J connectivity index is 2.81. The van der Waals surface area contributed by atoms with Crippen molar-refractivity contribution >= 4 is 0 Å². The lowest BCUT2D eigenvalue weighted by Gasteiger charge is -2.06. The largest absolute Gasteiger partial charge is 0.0651 e. The van der Waals surface area contributed by atoms with Gasteiger partial charge in [-0.3, -0.25) is 0 Å². The molecule has 0 N–H and O–H groups in total. The molecule has 1 rings (SSSR count). The Bertz CT molecular complexity index is 236. The molecule has 0 unspecified atom stereocenters. The predicted molar refractivity (Wildman–Crippen MR) is 53.4 cm³/mol. The van der Waals surface area contributed by atoms with E-state index in [-0.39, 0.29) is 0 Å². The van der Waals surface area contributed by atoms with Gasteiger partial charge in [-0.15, -0.1) is 0 Å². The van der Waals surface area contributed by atoms with Crippen molar-refractivity contribution in [3.05, 3.63) is 35.4 Å². The average Bonchev–Trinajstić information content (AvgIpc) is 2.05. The van der Waals surface area contributed by atoms with Gasteiger partial charge in [0, 0.05) is 0 Å². The summed E-state index contributed by atoms with van der Waals surface area (Å²) >= 11 is 0. The number of aryl methyl sites for hydroxylation is 1. The lowest BCUT2D eigenvalue weighted by Crippen LogP contribution is -1.90. The lowest BCUT2D eigenvalue weighted by molar-refractivity contribution is 0.852. The Labute approximate surface area is 75.6 Å². The lowest BCUT2D eigenvalue weighted by atomic mass is 9.99. The fourth-order valence-corrected chi connectivity index (χ4v) is 1.31. The molecule has 0 aliphatic heterocycles. The summed E-state index contributed by atoms with van der Waals surface area (Å²) in [5.74, 6) is 0.599. The topological polar surface area (TPSA) is 0 Å². The van der Waals surface area contributed by atoms with Crippen LogP contribution in [0.25, 0.3) is 0 Å². The van der Waals surface area contributed by atoms with Gasteiger partial charge in [0.2, 0.25) is 0 Å². The molecule has 1 aromatic rings. The molecule has 0 bridgehead atoms. The van der Waals surface area contributed by atoms with Crippen molar-refractivity contribution in [2.75, 3.05) is 0 Å². The third-order valence-corrected chi connectivity index (χ3v) is 2.05. The summed E-state index contributed by atoms with van der Waals surface area (Å²) in [6.45, 7) is 6.63. The fraction of sp³-hybridized carbons (Fsp3) is 0.500. The van der Waals surface area contributed by atoms with E-state index < -0.39 is 0 Å². The van der Waals surface area contributed by atoms with Crippen LogP contribution >= 0.6 is 0 Å². The molecule has 0 heteroatoms. The third-order valence-electron chi connectivity index (χ3n) is 2.05. The van der Waals surface area contributed by atoms with Crippen LogP contribution in [-0.4, -0.2) is 0 Å². The number of hydrogen-bond acceptors (Lipinski definition) is 0. The summed E-state index contributed by atoms with van der Waals surface area (Å²) in [7, 11) is 0. The number of hydrogen-bond donors (Lipinski definition) is 0. The van der Waals surface area contributed by atoms with Crippen molar-refractivity contribution in [3.8, 4) is 0 Å². The Kier molecular flexibility index (Phi) is 3.33. The first kappa shape index (κ1) is 9.31. The monoisotopic (exact) mass is 161 g/mol. The quantitative estimate of drug-likeness (QED) is 0.636. The molecule has 0 atom stereocenters. The highest BCUT2D eigenvalue weighted by Gasteiger charge is 1.99. The van der Waals surface area contributed by atoms with Crippen LogP contribution in [0.5, 0.6) is 0 Å². The average molecular weight is 161 g/mol. The summed E-state index contributed by atoms with van der Waals surface area (Å²) in [6, 6.07) is 9.74. The summed E-state index contributed by atoms with van der Waals surface area (Å²) in [5.41, 5.74) is 2.78. The van der Waals surface area contributed by atoms with Gasteiger partial charge in [0.05, 0.1) is 0 Å². The zero-order valence-corrected chi connectivity index (χ0v) is 8.22. The van der Waals surface area contributed by atoms with Gasteiger partial charge in [0.15, 0.2) is 0 Å². The van der Waals surface area contributed by atoms with E-state index >= 15 is 0 Å². The van der Waals surface area contributed by atoms with E-state index in [1.807, 2.05) is 6.07 Å². The Morgan fingerprint density at radius 2 is 2.17 bits per heavy atom. The van der Waals surface area contributed by atoms with Crippen molar-refractivity contribution in [2.24, 2.45) is 0 Å². The van der Waals surface area contributed by atoms with E-state index in [4.69, 9.17) is 0 Å². The van der Waals surface area contributed by atoms with Gasteiger partial charge in [-0.1, -0.05) is 45.4 Å². The molecule has 65 valence electrons. The highest BCUT2D eigenvalue weighted by Crippen LogP contribution is 2.15. The summed E-state index contributed by atoms with van der Waals surface area (Å²) < 4.78 is 0. The van der Waals surface area contributed by atoms with E-state index in [1.165, 1.54) is 24.0 Å². The van der Waals surface area contributed by atoms with E-state index in [1.54, 1.807) is 0 Å². The molecule has 0 aliphatic carbocycles. The van der Waals surface area contributed by atoms with Crippen LogP contribution in [0, 0.1) is 6.07 Å². The minimum absolute atomic E-state index is 0.599. The molecule has 0 saturated heterocycles. The smallest absolute Gasteiger partial charge is 0.0146 e. The predicted octanol–water partition coefficient (Wildman–Crippen LogP) is 3.56. The second-order valence-corrected chi connectivity index (χ2v) is 3.56. The van der Waals surface area contributed by atoms with Crippen LogP contribution < -0.4 is 0 Å². The molecule has 12 heavy (non-hydrogen) atoms. The second-order valence-electron chi connectivity index (χ2n) is 3.56. The Morgan fingerprint density at radius 1 is 1.42 bits per heavy atom. The van der Waals surface area contributed by atoms with Crippen molar-refractivity contribution in [1.29, 1.82) is 0 Å². The highest BCUT2D eigenvalue weighted by atomic mass is 14.0. The summed E-state index contributed by atoms with van der Waals surface area (Å²) in [6.07, 6.45) is 2.41. The van der Waals surface area contributed by atoms with Gasteiger partial charge in [-0.2, -0.15) is 0 Å². The Morgan fingerprint density at radius 3 is 2.75 bits per heavy atom. The number of rotatable bonds is 3. The minimum Gasteiger partial charge on any atom is -0.0651 e. The molecule has 0 nitrogen and oxygen atoms in total. The second kappa shape index (κ2) is 4.30. The van der Waals surface area contributed by atoms with Crippen molar-refractivity contribution in [3.63, 3.8) is 0 Å². The van der Waals surface area contributed by atoms with Gasteiger partial charge >= 0.3 is 0 Å². The van der Waals surface area contributed by atoms with Crippen molar-refractivity contribution in [2.45, 2.75) is 39.5 Å². The van der Waals surface area contributed by atoms with Crippen LogP contribution in [0.1, 0.15) is 44.2 Å². The molecule has 0 heterocycles. The molecular formula is C12H17. The first-order chi connectivity index (χ1) is 5.74. The maximum Gasteiger partial charge on any atom is -0.0146 e. The fourth-order valence-electron chi connectivity index (χ4n) is 1.31. The molecule has 0 aliphatic rings. The highest BCUT2D eigenvalue weighted by molar-refractivity contribution is 5.24. The maximum absolute atomic E-state index is 3.27. The van der Waals surface area contributed by atoms with Crippen molar-refractivity contribution < 1.29 is 0 Å². The van der Waals surface area contributed by atoms with Crippen LogP contribution in [0.3, 0.4) is 0 Å². The van der Waals surface area contributed by atoms with Crippen LogP contribution in [0.2, 0.25) is 0 Å². The first-order valence-corrected chi connectivity index (χ1v) is 4.74. The zero-order chi connectivity index (χ0) is 8.97. The summed E-state index contributed by atoms with van der Waals surface area (Å²) in [5, 5.41) is 0. The first-order valence-electron chi connectivity index (χ1n) is 4.74. The minimum atomic E-state index is 0.599. The molecule has 0 saturated carbocycles. The zero-order valence-electron chi connectivity index (χ0n) is 8.22. The van der Waals surface area contributed by atoms with Crippen molar-refractivity contribution in [1.82, 2.24) is 0 Å². The van der Waals surface area contributed by atoms with Crippen LogP contribution in [0.15, 0.2) is 18.2 Å². The standard InChI is InChI=1S/C12H17/c1-4-6-11-7-5-8-12(9-11)10(2)3/h5,7,9-10H,4,6H2,1-3H3. The molecule has 1 aromatic carbocycles. The van der Waals surface area contributed by atoms with Gasteiger partial charge in [-0.25, -0.2) is 0 Å². The van der Waals surface area contributed by atoms with Gasteiger partial charge in [0.25, 0.3) is 0 Å². The molecular weight excluding hydrogens is 144 g/mol. The van der Waals surface area contributed by atoms with Crippen LogP contribution in [0.4, 0.5) is 0 Å². The molecule has 0 spiro atoms. The van der Waals surface area contributed by atoms with Gasteiger partial charge in [0.1, 0.15) is 0 Å². The molecule has 0 fully saturated rings. The van der Waals surface area contributed by atoms with E-state index in [0.29, 0.717) is 5.92 Å².